The first kappa shape index (κ1) is 39.0. The van der Waals surface area contributed by atoms with E-state index in [2.05, 4.69) is 256 Å². The fraction of sp³-hybridized carbons (Fsp3) is 0.0462. The highest BCUT2D eigenvalue weighted by molar-refractivity contribution is 6.05. The molecule has 0 radical (unpaired) electrons. The second kappa shape index (κ2) is 15.3. The Hall–Kier alpha value is -8.46. The van der Waals surface area contributed by atoms with Crippen molar-refractivity contribution in [3.05, 3.63) is 288 Å². The zero-order valence-electron chi connectivity index (χ0n) is 37.1. The van der Waals surface area contributed by atoms with Gasteiger partial charge in [-0.15, -0.1) is 0 Å². The maximum Gasteiger partial charge on any atom is 0.160 e. The number of benzene rings is 10. The molecule has 0 saturated heterocycles. The SMILES string of the molecule is CC1(c2ccccc2)c2ccccc2-c2ccc(-c3ccc(-c4cc(-c5cccc6c5C(c5ccccc5)(c5ccccc5)c5ccccc5-6)nc(-c5ccccc5)n4)c4ccccc34)cc21. The second-order valence-corrected chi connectivity index (χ2v) is 18.1. The highest BCUT2D eigenvalue weighted by Crippen LogP contribution is 2.59. The predicted octanol–water partition coefficient (Wildman–Crippen LogP) is 16.0. The Balaban J connectivity index is 1.03. The van der Waals surface area contributed by atoms with E-state index < -0.39 is 5.41 Å². The molecule has 11 aromatic rings. The Kier molecular flexibility index (Phi) is 8.91. The maximum atomic E-state index is 5.52. The van der Waals surface area contributed by atoms with Crippen LogP contribution in [-0.4, -0.2) is 9.97 Å². The van der Waals surface area contributed by atoms with E-state index in [0.717, 1.165) is 33.5 Å². The summed E-state index contributed by atoms with van der Waals surface area (Å²) >= 11 is 0. The van der Waals surface area contributed by atoms with Crippen LogP contribution in [0.15, 0.2) is 249 Å². The number of aromatic nitrogens is 2. The van der Waals surface area contributed by atoms with E-state index in [1.165, 1.54) is 77.7 Å². The Morgan fingerprint density at radius 1 is 0.299 bits per heavy atom. The fourth-order valence-electron chi connectivity index (χ4n) is 11.7. The Bertz CT molecular complexity index is 3650. The molecule has 13 rings (SSSR count). The minimum atomic E-state index is -0.592. The van der Waals surface area contributed by atoms with Crippen molar-refractivity contribution in [2.45, 2.75) is 17.8 Å². The van der Waals surface area contributed by atoms with Crippen molar-refractivity contribution in [2.75, 3.05) is 0 Å². The summed E-state index contributed by atoms with van der Waals surface area (Å²) < 4.78 is 0. The molecule has 1 atom stereocenters. The minimum absolute atomic E-state index is 0.290. The Morgan fingerprint density at radius 3 is 1.43 bits per heavy atom. The van der Waals surface area contributed by atoms with Gasteiger partial charge >= 0.3 is 0 Å². The van der Waals surface area contributed by atoms with Gasteiger partial charge in [0.1, 0.15) is 0 Å². The van der Waals surface area contributed by atoms with Crippen molar-refractivity contribution in [3.8, 4) is 67.3 Å². The summed E-state index contributed by atoms with van der Waals surface area (Å²) in [5.74, 6) is 0.692. The topological polar surface area (TPSA) is 25.8 Å². The molecule has 0 fully saturated rings. The number of rotatable bonds is 7. The first-order chi connectivity index (χ1) is 33.1. The van der Waals surface area contributed by atoms with Crippen LogP contribution in [0, 0.1) is 0 Å². The number of nitrogens with zero attached hydrogens (tertiary/aromatic N) is 2. The van der Waals surface area contributed by atoms with Crippen LogP contribution < -0.4 is 0 Å². The molecule has 1 heterocycles. The van der Waals surface area contributed by atoms with Crippen LogP contribution >= 0.6 is 0 Å². The predicted molar refractivity (Wildman–Crippen MR) is 276 cm³/mol. The van der Waals surface area contributed by atoms with Crippen molar-refractivity contribution >= 4 is 10.8 Å². The Morgan fingerprint density at radius 2 is 0.761 bits per heavy atom. The van der Waals surface area contributed by atoms with Gasteiger partial charge in [-0.05, 0) is 102 Å². The van der Waals surface area contributed by atoms with E-state index in [1.807, 2.05) is 0 Å². The van der Waals surface area contributed by atoms with Gasteiger partial charge in [0, 0.05) is 22.1 Å². The normalized spacial score (nSPS) is 15.1. The molecule has 314 valence electrons. The monoisotopic (exact) mass is 852 g/mol. The standard InChI is InChI=1S/C65H44N2/c1-64(45-23-8-3-9-24-45)57-35-18-16-31-51(57)53-38-37-44(41-59(53)64)48-39-40-54(50-30-15-14-29-49(48)50)60-42-61(67-63(66-60)43-21-6-2-7-22-43)56-34-20-33-55-52-32-17-19-36-58(52)65(62(55)56,46-25-10-4-11-26-46)47-27-12-5-13-28-47/h2-42H,1H3. The van der Waals surface area contributed by atoms with Gasteiger partial charge < -0.3 is 0 Å². The summed E-state index contributed by atoms with van der Waals surface area (Å²) in [6.07, 6.45) is 0. The van der Waals surface area contributed by atoms with Gasteiger partial charge in [-0.2, -0.15) is 0 Å². The second-order valence-electron chi connectivity index (χ2n) is 18.1. The van der Waals surface area contributed by atoms with E-state index in [-0.39, 0.29) is 5.41 Å². The van der Waals surface area contributed by atoms with Gasteiger partial charge in [-0.3, -0.25) is 0 Å². The third-order valence-corrected chi connectivity index (χ3v) is 14.7. The lowest BCUT2D eigenvalue weighted by molar-refractivity contribution is 0.714. The third-order valence-electron chi connectivity index (χ3n) is 14.7. The molecule has 67 heavy (non-hydrogen) atoms. The third kappa shape index (κ3) is 5.83. The van der Waals surface area contributed by atoms with Crippen molar-refractivity contribution < 1.29 is 0 Å². The van der Waals surface area contributed by atoms with Crippen molar-refractivity contribution in [2.24, 2.45) is 0 Å². The summed E-state index contributed by atoms with van der Waals surface area (Å²) in [4.78, 5) is 11.0. The van der Waals surface area contributed by atoms with E-state index >= 15 is 0 Å². The summed E-state index contributed by atoms with van der Waals surface area (Å²) in [5, 5.41) is 2.33. The zero-order valence-corrected chi connectivity index (χ0v) is 37.1. The van der Waals surface area contributed by atoms with Crippen LogP contribution in [0.5, 0.6) is 0 Å². The number of fused-ring (bicyclic) bond motifs is 7. The van der Waals surface area contributed by atoms with Crippen LogP contribution in [-0.2, 0) is 10.8 Å². The molecule has 2 aliphatic rings. The molecule has 0 N–H and O–H groups in total. The zero-order chi connectivity index (χ0) is 44.5. The van der Waals surface area contributed by atoms with E-state index in [0.29, 0.717) is 5.82 Å². The molecular weight excluding hydrogens is 809 g/mol. The molecule has 0 aliphatic heterocycles. The van der Waals surface area contributed by atoms with Gasteiger partial charge in [0.15, 0.2) is 5.82 Å². The average molecular weight is 853 g/mol. The molecule has 10 aromatic carbocycles. The molecular formula is C65H44N2. The lowest BCUT2D eigenvalue weighted by Gasteiger charge is -2.35. The summed E-state index contributed by atoms with van der Waals surface area (Å²) in [6.45, 7) is 2.39. The molecule has 0 amide bonds. The van der Waals surface area contributed by atoms with Crippen LogP contribution in [0.1, 0.15) is 45.9 Å². The van der Waals surface area contributed by atoms with E-state index in [4.69, 9.17) is 9.97 Å². The molecule has 1 aromatic heterocycles. The van der Waals surface area contributed by atoms with Gasteiger partial charge in [-0.25, -0.2) is 9.97 Å². The van der Waals surface area contributed by atoms with Gasteiger partial charge in [0.2, 0.25) is 0 Å². The van der Waals surface area contributed by atoms with Crippen LogP contribution in [0.2, 0.25) is 0 Å². The van der Waals surface area contributed by atoms with Crippen molar-refractivity contribution in [3.63, 3.8) is 0 Å². The molecule has 2 heteroatoms. The molecule has 0 bridgehead atoms. The number of hydrogen-bond donors (Lipinski definition) is 0. The van der Waals surface area contributed by atoms with E-state index in [1.54, 1.807) is 0 Å². The summed E-state index contributed by atoms with van der Waals surface area (Å²) in [6, 6.07) is 90.7. The lowest BCUT2D eigenvalue weighted by Crippen LogP contribution is -2.29. The fourth-order valence-corrected chi connectivity index (χ4v) is 11.7. The highest BCUT2D eigenvalue weighted by Gasteiger charge is 2.48. The Labute approximate surface area is 391 Å². The maximum absolute atomic E-state index is 5.52. The lowest BCUT2D eigenvalue weighted by atomic mass is 9.66. The number of hydrogen-bond acceptors (Lipinski definition) is 2. The van der Waals surface area contributed by atoms with Gasteiger partial charge in [0.05, 0.1) is 16.8 Å². The van der Waals surface area contributed by atoms with Crippen LogP contribution in [0.3, 0.4) is 0 Å². The van der Waals surface area contributed by atoms with Crippen molar-refractivity contribution in [1.82, 2.24) is 9.97 Å². The van der Waals surface area contributed by atoms with Gasteiger partial charge in [-0.1, -0.05) is 237 Å². The minimum Gasteiger partial charge on any atom is -0.228 e. The molecule has 0 saturated carbocycles. The highest BCUT2D eigenvalue weighted by atomic mass is 14.9. The first-order valence-electron chi connectivity index (χ1n) is 23.2. The van der Waals surface area contributed by atoms with Gasteiger partial charge in [0.25, 0.3) is 0 Å². The van der Waals surface area contributed by atoms with Crippen LogP contribution in [0.25, 0.3) is 78.1 Å². The van der Waals surface area contributed by atoms with Crippen molar-refractivity contribution in [1.29, 1.82) is 0 Å². The smallest absolute Gasteiger partial charge is 0.160 e. The van der Waals surface area contributed by atoms with Crippen LogP contribution in [0.4, 0.5) is 0 Å². The largest absolute Gasteiger partial charge is 0.228 e. The van der Waals surface area contributed by atoms with E-state index in [9.17, 15) is 0 Å². The molecule has 2 nitrogen and oxygen atoms in total. The molecule has 1 unspecified atom stereocenters. The summed E-state index contributed by atoms with van der Waals surface area (Å²) in [5.41, 5.74) is 20.4. The first-order valence-corrected chi connectivity index (χ1v) is 23.2. The molecule has 2 aliphatic carbocycles. The average Bonchev–Trinajstić information content (AvgIpc) is 3.86. The summed E-state index contributed by atoms with van der Waals surface area (Å²) in [7, 11) is 0. The quantitative estimate of drug-likeness (QED) is 0.160. The molecule has 0 spiro atoms.